The molecule has 0 aromatic heterocycles. The molecule has 0 saturated carbocycles. The van der Waals surface area contributed by atoms with Gasteiger partial charge in [-0.25, -0.2) is 4.57 Å². The minimum atomic E-state index is -4.35. The number of hydrogen-bond donors (Lipinski definition) is 0. The fraction of sp³-hybridized carbons (Fsp3) is 0.333. The summed E-state index contributed by atoms with van der Waals surface area (Å²) in [5.74, 6) is 1.91. The second kappa shape index (κ2) is 3.09. The Labute approximate surface area is 51.3 Å². The van der Waals surface area contributed by atoms with Crippen LogP contribution in [0.2, 0.25) is 0 Å². The molecule has 0 aromatic carbocycles. The van der Waals surface area contributed by atoms with Gasteiger partial charge in [-0.05, 0) is 0 Å². The lowest BCUT2D eigenvalue weighted by Crippen LogP contribution is -1.78. The van der Waals surface area contributed by atoms with E-state index in [1.807, 2.05) is 5.92 Å². The zero-order valence-electron chi connectivity index (χ0n) is 3.80. The van der Waals surface area contributed by atoms with Crippen molar-refractivity contribution >= 4 is 18.3 Å². The van der Waals surface area contributed by atoms with Gasteiger partial charge < -0.3 is 0 Å². The lowest BCUT2D eigenvalue weighted by atomic mass is 10.8. The minimum Gasteiger partial charge on any atom is -0.281 e. The van der Waals surface area contributed by atoms with Crippen LogP contribution in [0.3, 0.4) is 0 Å². The van der Waals surface area contributed by atoms with Gasteiger partial charge in [-0.15, -0.1) is 10.6 Å². The standard InChI is InChI=1S/C3H3ClFO2P/c1-2-3-7-8(4,5)6/h1H,3H2. The van der Waals surface area contributed by atoms with Crippen molar-refractivity contribution in [2.24, 2.45) is 0 Å². The van der Waals surface area contributed by atoms with Gasteiger partial charge in [-0.2, -0.15) is 0 Å². The summed E-state index contributed by atoms with van der Waals surface area (Å²) in [6.07, 6.45) is 4.61. The Kier molecular flexibility index (Phi) is 3.08. The summed E-state index contributed by atoms with van der Waals surface area (Å²) in [5, 5.41) is 0. The number of rotatable bonds is 2. The molecule has 0 fully saturated rings. The van der Waals surface area contributed by atoms with Crippen LogP contribution in [-0.4, -0.2) is 6.61 Å². The van der Waals surface area contributed by atoms with Gasteiger partial charge in [0.1, 0.15) is 6.61 Å². The van der Waals surface area contributed by atoms with E-state index in [9.17, 15) is 8.76 Å². The monoisotopic (exact) mass is 156 g/mol. The highest BCUT2D eigenvalue weighted by molar-refractivity contribution is 7.81. The zero-order chi connectivity index (χ0) is 6.62. The number of halogens is 2. The van der Waals surface area contributed by atoms with Crippen molar-refractivity contribution in [3.05, 3.63) is 0 Å². The molecule has 0 heterocycles. The highest BCUT2D eigenvalue weighted by Gasteiger charge is 2.14. The molecule has 0 N–H and O–H groups in total. The molecule has 0 bridgehead atoms. The first kappa shape index (κ1) is 7.97. The summed E-state index contributed by atoms with van der Waals surface area (Å²) >= 11 is 4.48. The van der Waals surface area contributed by atoms with Crippen molar-refractivity contribution in [2.75, 3.05) is 6.61 Å². The molecule has 0 rings (SSSR count). The maximum Gasteiger partial charge on any atom is 0.462 e. The molecular formula is C3H3ClFO2P. The van der Waals surface area contributed by atoms with E-state index in [2.05, 4.69) is 22.2 Å². The normalized spacial score (nSPS) is 16.6. The van der Waals surface area contributed by atoms with E-state index in [1.54, 1.807) is 0 Å². The van der Waals surface area contributed by atoms with Crippen LogP contribution < -0.4 is 0 Å². The van der Waals surface area contributed by atoms with Crippen LogP contribution in [0.5, 0.6) is 0 Å². The van der Waals surface area contributed by atoms with E-state index in [0.717, 1.165) is 0 Å². The summed E-state index contributed by atoms with van der Waals surface area (Å²) in [7, 11) is -4.35. The molecule has 0 amide bonds. The van der Waals surface area contributed by atoms with Crippen LogP contribution in [0.25, 0.3) is 0 Å². The molecule has 0 aromatic rings. The molecule has 0 aliphatic rings. The van der Waals surface area contributed by atoms with E-state index >= 15 is 0 Å². The lowest BCUT2D eigenvalue weighted by Gasteiger charge is -1.93. The minimum absolute atomic E-state index is 0.364. The van der Waals surface area contributed by atoms with E-state index < -0.39 is 7.03 Å². The SMILES string of the molecule is C#CCOP(=O)(F)Cl. The molecule has 0 spiro atoms. The van der Waals surface area contributed by atoms with E-state index in [-0.39, 0.29) is 6.61 Å². The first-order chi connectivity index (χ1) is 3.56. The largest absolute Gasteiger partial charge is 0.462 e. The summed E-state index contributed by atoms with van der Waals surface area (Å²) < 4.78 is 25.1. The molecular weight excluding hydrogens is 153 g/mol. The van der Waals surface area contributed by atoms with Gasteiger partial charge >= 0.3 is 7.03 Å². The summed E-state index contributed by atoms with van der Waals surface area (Å²) in [6, 6.07) is 0. The van der Waals surface area contributed by atoms with Gasteiger partial charge in [0.2, 0.25) is 0 Å². The molecule has 0 aliphatic carbocycles. The number of terminal acetylenes is 1. The maximum atomic E-state index is 11.6. The second-order valence-corrected chi connectivity index (χ2v) is 3.19. The van der Waals surface area contributed by atoms with Crippen LogP contribution >= 0.6 is 18.3 Å². The highest BCUT2D eigenvalue weighted by atomic mass is 35.7. The predicted octanol–water partition coefficient (Wildman–Crippen LogP) is 1.95. The van der Waals surface area contributed by atoms with Gasteiger partial charge in [0.25, 0.3) is 0 Å². The fourth-order valence-corrected chi connectivity index (χ4v) is 0.484. The maximum absolute atomic E-state index is 11.6. The number of hydrogen-bond acceptors (Lipinski definition) is 2. The lowest BCUT2D eigenvalue weighted by molar-refractivity contribution is 0.341. The molecule has 0 radical (unpaired) electrons. The Bertz CT molecular complexity index is 146. The van der Waals surface area contributed by atoms with Gasteiger partial charge in [0.15, 0.2) is 0 Å². The highest BCUT2D eigenvalue weighted by Crippen LogP contribution is 2.53. The predicted molar refractivity (Wildman–Crippen MR) is 29.4 cm³/mol. The van der Waals surface area contributed by atoms with Gasteiger partial charge in [-0.3, -0.25) is 4.52 Å². The smallest absolute Gasteiger partial charge is 0.281 e. The third kappa shape index (κ3) is 5.97. The summed E-state index contributed by atoms with van der Waals surface area (Å²) in [4.78, 5) is 0. The average Bonchev–Trinajstić information content (AvgIpc) is 1.59. The van der Waals surface area contributed by atoms with Crippen molar-refractivity contribution in [1.29, 1.82) is 0 Å². The second-order valence-electron chi connectivity index (χ2n) is 0.892. The van der Waals surface area contributed by atoms with Crippen LogP contribution in [-0.2, 0) is 9.09 Å². The summed E-state index contributed by atoms with van der Waals surface area (Å²) in [5.41, 5.74) is 0. The molecule has 2 nitrogen and oxygen atoms in total. The molecule has 5 heteroatoms. The van der Waals surface area contributed by atoms with Gasteiger partial charge in [0, 0.05) is 11.2 Å². The Hall–Kier alpha value is -0.0300. The van der Waals surface area contributed by atoms with Crippen LogP contribution in [0.1, 0.15) is 0 Å². The van der Waals surface area contributed by atoms with Crippen molar-refractivity contribution in [2.45, 2.75) is 0 Å². The van der Waals surface area contributed by atoms with E-state index in [0.29, 0.717) is 0 Å². The van der Waals surface area contributed by atoms with Crippen molar-refractivity contribution in [3.63, 3.8) is 0 Å². The zero-order valence-corrected chi connectivity index (χ0v) is 5.45. The molecule has 0 saturated heterocycles. The third-order valence-corrected chi connectivity index (χ3v) is 1.02. The quantitative estimate of drug-likeness (QED) is 0.451. The molecule has 8 heavy (non-hydrogen) atoms. The summed E-state index contributed by atoms with van der Waals surface area (Å²) in [6.45, 7) is -0.364. The van der Waals surface area contributed by atoms with Crippen LogP contribution in [0.15, 0.2) is 0 Å². The Morgan fingerprint density at radius 3 is 2.62 bits per heavy atom. The Morgan fingerprint density at radius 2 is 2.50 bits per heavy atom. The van der Waals surface area contributed by atoms with Crippen LogP contribution in [0.4, 0.5) is 4.20 Å². The van der Waals surface area contributed by atoms with Crippen molar-refractivity contribution < 1.29 is 13.3 Å². The Balaban J connectivity index is 3.45. The molecule has 1 unspecified atom stereocenters. The van der Waals surface area contributed by atoms with E-state index in [4.69, 9.17) is 0 Å². The van der Waals surface area contributed by atoms with Gasteiger partial charge in [-0.1, -0.05) is 5.92 Å². The van der Waals surface area contributed by atoms with Crippen molar-refractivity contribution in [1.82, 2.24) is 0 Å². The van der Waals surface area contributed by atoms with E-state index in [1.165, 1.54) is 0 Å². The average molecular weight is 156 g/mol. The first-order valence-corrected chi connectivity index (χ1v) is 4.05. The Morgan fingerprint density at radius 1 is 2.00 bits per heavy atom. The van der Waals surface area contributed by atoms with Crippen molar-refractivity contribution in [3.8, 4) is 12.3 Å². The topological polar surface area (TPSA) is 26.3 Å². The molecule has 1 atom stereocenters. The first-order valence-electron chi connectivity index (χ1n) is 1.63. The molecule has 0 aliphatic heterocycles. The molecule has 46 valence electrons. The van der Waals surface area contributed by atoms with Gasteiger partial charge in [0.05, 0.1) is 0 Å². The van der Waals surface area contributed by atoms with Crippen LogP contribution in [0, 0.1) is 12.3 Å². The fourth-order valence-electron chi connectivity index (χ4n) is 0.112. The third-order valence-electron chi connectivity index (χ3n) is 0.298.